The van der Waals surface area contributed by atoms with Crippen LogP contribution in [0.25, 0.3) is 11.1 Å². The molecule has 0 radical (unpaired) electrons. The molecule has 0 aromatic heterocycles. The van der Waals surface area contributed by atoms with Gasteiger partial charge in [-0.2, -0.15) is 0 Å². The van der Waals surface area contributed by atoms with Crippen molar-refractivity contribution in [3.63, 3.8) is 0 Å². The van der Waals surface area contributed by atoms with Gasteiger partial charge in [0, 0.05) is 17.0 Å². The zero-order valence-electron chi connectivity index (χ0n) is 20.6. The molecule has 34 heavy (non-hydrogen) atoms. The van der Waals surface area contributed by atoms with Crippen LogP contribution >= 0.6 is 16.8 Å². The van der Waals surface area contributed by atoms with E-state index in [1.165, 1.54) is 22.0 Å². The molecule has 0 spiro atoms. The zero-order chi connectivity index (χ0) is 25.3. The summed E-state index contributed by atoms with van der Waals surface area (Å²) in [6, 6.07) is 21.3. The Morgan fingerprint density at radius 1 is 0.765 bits per heavy atom. The second-order valence-corrected chi connectivity index (χ2v) is 12.7. The van der Waals surface area contributed by atoms with Gasteiger partial charge in [0.05, 0.1) is 0 Å². The van der Waals surface area contributed by atoms with E-state index in [4.69, 9.17) is 19.2 Å². The van der Waals surface area contributed by atoms with Gasteiger partial charge in [-0.3, -0.25) is 0 Å². The molecule has 0 saturated carbocycles. The molecule has 0 amide bonds. The highest BCUT2D eigenvalue weighted by molar-refractivity contribution is 7.61. The van der Waals surface area contributed by atoms with E-state index in [2.05, 4.69) is 96.1 Å². The van der Waals surface area contributed by atoms with Crippen molar-refractivity contribution >= 4 is 22.1 Å². The molecule has 3 aromatic carbocycles. The van der Waals surface area contributed by atoms with Crippen molar-refractivity contribution in [1.29, 1.82) is 0 Å². The van der Waals surface area contributed by atoms with Gasteiger partial charge in [0.1, 0.15) is 19.6 Å². The summed E-state index contributed by atoms with van der Waals surface area (Å²) in [5.74, 6) is 1.40. The van der Waals surface area contributed by atoms with Gasteiger partial charge in [0.25, 0.3) is 0 Å². The lowest BCUT2D eigenvalue weighted by atomic mass is 9.78. The van der Waals surface area contributed by atoms with Crippen LogP contribution in [0.3, 0.4) is 0 Å². The van der Waals surface area contributed by atoms with E-state index in [9.17, 15) is 5.11 Å². The number of para-hydroxylation sites is 1. The molecular weight excluding hydrogens is 466 g/mol. The Balaban J connectivity index is 0.000000751. The Labute approximate surface area is 204 Å². The maximum atomic E-state index is 11.1. The van der Waals surface area contributed by atoms with Gasteiger partial charge in [-0.25, -0.2) is 0 Å². The van der Waals surface area contributed by atoms with Crippen molar-refractivity contribution in [2.45, 2.75) is 58.5 Å². The van der Waals surface area contributed by atoms with E-state index in [1.54, 1.807) is 0 Å². The summed E-state index contributed by atoms with van der Waals surface area (Å²) in [7, 11) is -3.46. The van der Waals surface area contributed by atoms with E-state index in [-0.39, 0.29) is 10.8 Å². The van der Waals surface area contributed by atoms with Crippen molar-refractivity contribution in [1.82, 2.24) is 0 Å². The topological polar surface area (TPSA) is 90.2 Å². The van der Waals surface area contributed by atoms with Crippen molar-refractivity contribution in [3.05, 3.63) is 77.4 Å². The molecule has 7 heteroatoms. The lowest BCUT2D eigenvalue weighted by Gasteiger charge is -2.31. The van der Waals surface area contributed by atoms with E-state index >= 15 is 0 Å². The van der Waals surface area contributed by atoms with Crippen LogP contribution in [0.15, 0.2) is 60.7 Å². The molecule has 1 aliphatic rings. The largest absolute Gasteiger partial charge is 0.507 e. The summed E-state index contributed by atoms with van der Waals surface area (Å²) in [4.78, 5) is 21.7. The van der Waals surface area contributed by atoms with Gasteiger partial charge in [0.2, 0.25) is 0 Å². The molecule has 4 rings (SSSR count). The van der Waals surface area contributed by atoms with Gasteiger partial charge < -0.3 is 24.3 Å². The molecule has 0 aliphatic carbocycles. The Kier molecular flexibility index (Phi) is 8.07. The molecule has 0 fully saturated rings. The molecule has 0 bridgehead atoms. The fourth-order valence-electron chi connectivity index (χ4n) is 4.07. The number of aromatic hydroxyl groups is 1. The summed E-state index contributed by atoms with van der Waals surface area (Å²) < 4.78 is 6.55. The first-order valence-electron chi connectivity index (χ1n) is 11.2. The minimum absolute atomic E-state index is 0.134. The average molecular weight is 501 g/mol. The molecule has 1 heterocycles. The van der Waals surface area contributed by atoms with E-state index in [1.807, 2.05) is 6.07 Å². The van der Waals surface area contributed by atoms with E-state index in [0.717, 1.165) is 23.0 Å². The molecule has 5 nitrogen and oxygen atoms in total. The van der Waals surface area contributed by atoms with Gasteiger partial charge in [-0.15, -0.1) is 0 Å². The van der Waals surface area contributed by atoms with Crippen LogP contribution in [0, 0.1) is 0 Å². The number of fused-ring (bicyclic) bond motifs is 3. The lowest BCUT2D eigenvalue weighted by Crippen LogP contribution is -2.19. The molecule has 3 aromatic rings. The van der Waals surface area contributed by atoms with Crippen LogP contribution in [-0.2, 0) is 17.0 Å². The third kappa shape index (κ3) is 6.16. The summed E-state index contributed by atoms with van der Waals surface area (Å²) in [6.07, 6.45) is 0.827. The third-order valence-corrected chi connectivity index (χ3v) is 7.67. The highest BCUT2D eigenvalue weighted by Crippen LogP contribution is 2.51. The Morgan fingerprint density at radius 3 is 1.76 bits per heavy atom. The SMILES string of the molecule is CC(C)(C)c1cc(CP2Oc3ccccc3-c3ccccc32)cc(C(C)(C)C)c1O.OP(O)O. The maximum absolute atomic E-state index is 11.1. The Hall–Kier alpha value is -2.00. The third-order valence-electron chi connectivity index (χ3n) is 5.67. The number of hydrogen-bond acceptors (Lipinski definition) is 5. The number of phenolic OH excluding ortho intramolecular Hbond substituents is 1. The normalized spacial score (nSPS) is 15.1. The smallest absolute Gasteiger partial charge is 0.324 e. The standard InChI is InChI=1S/C27H31O2P.H3O3P/c1-26(2,3)21-15-18(16-22(25(21)28)27(4,5)6)17-30-24-14-10-8-12-20(24)19-11-7-9-13-23(19)29-30;1-4(2)3/h7-16,28H,17H2,1-6H3;1-3H. The van der Waals surface area contributed by atoms with Crippen LogP contribution in [0.4, 0.5) is 0 Å². The van der Waals surface area contributed by atoms with E-state index in [0.29, 0.717) is 5.75 Å². The van der Waals surface area contributed by atoms with Crippen molar-refractivity contribution < 1.29 is 24.3 Å². The average Bonchev–Trinajstić information content (AvgIpc) is 2.73. The van der Waals surface area contributed by atoms with Gasteiger partial charge in [0.15, 0.2) is 0 Å². The molecule has 4 N–H and O–H groups in total. The number of hydrogen-bond donors (Lipinski definition) is 4. The summed E-state index contributed by atoms with van der Waals surface area (Å²) in [6.45, 7) is 13.0. The maximum Gasteiger partial charge on any atom is 0.324 e. The minimum Gasteiger partial charge on any atom is -0.507 e. The number of phenols is 1. The summed E-state index contributed by atoms with van der Waals surface area (Å²) >= 11 is 0. The predicted molar refractivity (Wildman–Crippen MR) is 142 cm³/mol. The first-order chi connectivity index (χ1) is 15.8. The Bertz CT molecular complexity index is 1110. The van der Waals surface area contributed by atoms with Crippen LogP contribution in [0.2, 0.25) is 0 Å². The first kappa shape index (κ1) is 26.6. The fraction of sp³-hybridized carbons (Fsp3) is 0.333. The van der Waals surface area contributed by atoms with Crippen molar-refractivity contribution in [2.24, 2.45) is 0 Å². The van der Waals surface area contributed by atoms with Crippen LogP contribution in [0.5, 0.6) is 11.5 Å². The summed E-state index contributed by atoms with van der Waals surface area (Å²) in [5.41, 5.74) is 5.41. The van der Waals surface area contributed by atoms with Gasteiger partial charge in [-0.1, -0.05) is 96.1 Å². The molecule has 1 unspecified atom stereocenters. The summed E-state index contributed by atoms with van der Waals surface area (Å²) in [5, 5.41) is 12.3. The van der Waals surface area contributed by atoms with Crippen LogP contribution < -0.4 is 9.83 Å². The zero-order valence-corrected chi connectivity index (χ0v) is 22.4. The van der Waals surface area contributed by atoms with Gasteiger partial charge in [-0.05, 0) is 39.2 Å². The molecule has 1 aliphatic heterocycles. The molecule has 1 atom stereocenters. The molecular formula is C27H34O5P2. The van der Waals surface area contributed by atoms with Crippen molar-refractivity contribution in [2.75, 3.05) is 0 Å². The molecule has 182 valence electrons. The number of benzene rings is 3. The highest BCUT2D eigenvalue weighted by atomic mass is 31.2. The van der Waals surface area contributed by atoms with E-state index < -0.39 is 16.8 Å². The quantitative estimate of drug-likeness (QED) is 0.303. The lowest BCUT2D eigenvalue weighted by molar-refractivity contribution is 0.368. The first-order valence-corrected chi connectivity index (χ1v) is 13.8. The predicted octanol–water partition coefficient (Wildman–Crippen LogP) is 6.46. The van der Waals surface area contributed by atoms with Crippen LogP contribution in [0.1, 0.15) is 58.2 Å². The monoisotopic (exact) mass is 500 g/mol. The van der Waals surface area contributed by atoms with Crippen molar-refractivity contribution in [3.8, 4) is 22.6 Å². The highest BCUT2D eigenvalue weighted by Gasteiger charge is 2.30. The number of rotatable bonds is 2. The second kappa shape index (κ2) is 10.3. The second-order valence-electron chi connectivity index (χ2n) is 10.4. The van der Waals surface area contributed by atoms with Crippen LogP contribution in [-0.4, -0.2) is 19.8 Å². The Morgan fingerprint density at radius 2 is 1.24 bits per heavy atom. The minimum atomic E-state index is -2.62. The molecule has 0 saturated heterocycles. The fourth-order valence-corrected chi connectivity index (χ4v) is 6.03. The van der Waals surface area contributed by atoms with Gasteiger partial charge >= 0.3 is 8.60 Å².